The second-order valence-electron chi connectivity index (χ2n) is 4.46. The van der Waals surface area contributed by atoms with E-state index in [0.717, 1.165) is 5.56 Å². The van der Waals surface area contributed by atoms with Gasteiger partial charge in [0.05, 0.1) is 0 Å². The first-order chi connectivity index (χ1) is 8.97. The minimum absolute atomic E-state index is 0.184. The molecule has 1 rings (SSSR count). The first kappa shape index (κ1) is 15.7. The van der Waals surface area contributed by atoms with Gasteiger partial charge in [-0.1, -0.05) is 37.3 Å². The van der Waals surface area contributed by atoms with Crippen LogP contribution in [0.5, 0.6) is 0 Å². The van der Waals surface area contributed by atoms with E-state index in [9.17, 15) is 9.59 Å². The second-order valence-corrected chi connectivity index (χ2v) is 4.82. The SMILES string of the molecule is CC(=O)[C@@H](OC(=O)[C@@H](N)CS)C(C)c1ccccc1. The summed E-state index contributed by atoms with van der Waals surface area (Å²) in [6.07, 6.45) is -0.819. The smallest absolute Gasteiger partial charge is 0.324 e. The Morgan fingerprint density at radius 3 is 2.37 bits per heavy atom. The molecule has 5 heteroatoms. The van der Waals surface area contributed by atoms with Crippen molar-refractivity contribution in [2.24, 2.45) is 5.73 Å². The average Bonchev–Trinajstić information content (AvgIpc) is 2.43. The summed E-state index contributed by atoms with van der Waals surface area (Å²) < 4.78 is 5.22. The van der Waals surface area contributed by atoms with Gasteiger partial charge < -0.3 is 10.5 Å². The summed E-state index contributed by atoms with van der Waals surface area (Å²) in [7, 11) is 0. The minimum Gasteiger partial charge on any atom is -0.453 e. The lowest BCUT2D eigenvalue weighted by Crippen LogP contribution is -2.40. The van der Waals surface area contributed by atoms with Gasteiger partial charge >= 0.3 is 5.97 Å². The fraction of sp³-hybridized carbons (Fsp3) is 0.429. The van der Waals surface area contributed by atoms with Crippen molar-refractivity contribution in [1.29, 1.82) is 0 Å². The molecule has 0 aliphatic rings. The molecule has 1 aromatic rings. The number of benzene rings is 1. The third-order valence-corrected chi connectivity index (χ3v) is 3.32. The van der Waals surface area contributed by atoms with Gasteiger partial charge in [0.15, 0.2) is 11.9 Å². The summed E-state index contributed by atoms with van der Waals surface area (Å²) in [5.74, 6) is -0.827. The maximum atomic E-state index is 11.7. The van der Waals surface area contributed by atoms with Crippen molar-refractivity contribution in [3.05, 3.63) is 35.9 Å². The summed E-state index contributed by atoms with van der Waals surface area (Å²) in [6.45, 7) is 3.25. The number of hydrogen-bond acceptors (Lipinski definition) is 5. The Hall–Kier alpha value is -1.33. The normalized spacial score (nSPS) is 15.4. The maximum Gasteiger partial charge on any atom is 0.324 e. The Balaban J connectivity index is 2.84. The number of thiol groups is 1. The van der Waals surface area contributed by atoms with Gasteiger partial charge in [-0.3, -0.25) is 9.59 Å². The van der Waals surface area contributed by atoms with Crippen LogP contribution in [0.25, 0.3) is 0 Å². The van der Waals surface area contributed by atoms with E-state index in [0.29, 0.717) is 0 Å². The van der Waals surface area contributed by atoms with Crippen LogP contribution in [0.4, 0.5) is 0 Å². The largest absolute Gasteiger partial charge is 0.453 e. The van der Waals surface area contributed by atoms with Crippen molar-refractivity contribution < 1.29 is 14.3 Å². The molecular formula is C14H19NO3S. The lowest BCUT2D eigenvalue weighted by Gasteiger charge is -2.23. The Kier molecular flexibility index (Phi) is 6.05. The third-order valence-electron chi connectivity index (χ3n) is 2.92. The lowest BCUT2D eigenvalue weighted by molar-refractivity contribution is -0.156. The van der Waals surface area contributed by atoms with E-state index < -0.39 is 18.1 Å². The first-order valence-corrected chi connectivity index (χ1v) is 6.73. The third kappa shape index (κ3) is 4.36. The van der Waals surface area contributed by atoms with E-state index in [-0.39, 0.29) is 17.5 Å². The molecule has 0 spiro atoms. The van der Waals surface area contributed by atoms with Crippen molar-refractivity contribution in [3.8, 4) is 0 Å². The van der Waals surface area contributed by atoms with Crippen molar-refractivity contribution in [1.82, 2.24) is 0 Å². The van der Waals surface area contributed by atoms with Crippen LogP contribution in [0, 0.1) is 0 Å². The van der Waals surface area contributed by atoms with Gasteiger partial charge in [-0.2, -0.15) is 12.6 Å². The number of ketones is 1. The van der Waals surface area contributed by atoms with Gasteiger partial charge in [0.2, 0.25) is 0 Å². The number of hydrogen-bond donors (Lipinski definition) is 2. The number of rotatable bonds is 6. The molecule has 0 fully saturated rings. The van der Waals surface area contributed by atoms with Gasteiger partial charge in [0.1, 0.15) is 6.04 Å². The summed E-state index contributed by atoms with van der Waals surface area (Å²) in [6, 6.07) is 8.63. The molecule has 3 atom stereocenters. The number of esters is 1. The van der Waals surface area contributed by atoms with Crippen LogP contribution < -0.4 is 5.73 Å². The number of carbonyl (C=O) groups excluding carboxylic acids is 2. The molecule has 0 heterocycles. The number of ether oxygens (including phenoxy) is 1. The zero-order valence-corrected chi connectivity index (χ0v) is 12.0. The molecule has 4 nitrogen and oxygen atoms in total. The average molecular weight is 281 g/mol. The van der Waals surface area contributed by atoms with Crippen LogP contribution >= 0.6 is 12.6 Å². The lowest BCUT2D eigenvalue weighted by atomic mass is 9.93. The van der Waals surface area contributed by atoms with Crippen molar-refractivity contribution >= 4 is 24.4 Å². The quantitative estimate of drug-likeness (QED) is 0.613. The molecule has 0 radical (unpaired) electrons. The highest BCUT2D eigenvalue weighted by Gasteiger charge is 2.28. The molecular weight excluding hydrogens is 262 g/mol. The Labute approximate surface area is 118 Å². The Morgan fingerprint density at radius 2 is 1.89 bits per heavy atom. The minimum atomic E-state index is -0.819. The molecule has 19 heavy (non-hydrogen) atoms. The molecule has 0 amide bonds. The van der Waals surface area contributed by atoms with E-state index in [4.69, 9.17) is 10.5 Å². The molecule has 0 aliphatic carbocycles. The van der Waals surface area contributed by atoms with Crippen LogP contribution in [-0.2, 0) is 14.3 Å². The van der Waals surface area contributed by atoms with E-state index in [1.165, 1.54) is 6.92 Å². The van der Waals surface area contributed by atoms with Crippen molar-refractivity contribution in [3.63, 3.8) is 0 Å². The van der Waals surface area contributed by atoms with Crippen LogP contribution in [0.3, 0.4) is 0 Å². The monoisotopic (exact) mass is 281 g/mol. The fourth-order valence-corrected chi connectivity index (χ4v) is 1.90. The topological polar surface area (TPSA) is 69.4 Å². The summed E-state index contributed by atoms with van der Waals surface area (Å²) in [5.41, 5.74) is 6.48. The van der Waals surface area contributed by atoms with Crippen LogP contribution in [0.1, 0.15) is 25.3 Å². The Morgan fingerprint density at radius 1 is 1.32 bits per heavy atom. The van der Waals surface area contributed by atoms with Gasteiger partial charge in [-0.05, 0) is 12.5 Å². The van der Waals surface area contributed by atoms with Gasteiger partial charge in [0, 0.05) is 11.7 Å². The number of Topliss-reactive ketones (excluding diaryl/α,β-unsaturated/α-hetero) is 1. The van der Waals surface area contributed by atoms with Crippen LogP contribution in [0.15, 0.2) is 30.3 Å². The number of carbonyl (C=O) groups is 2. The van der Waals surface area contributed by atoms with Gasteiger partial charge in [0.25, 0.3) is 0 Å². The highest BCUT2D eigenvalue weighted by molar-refractivity contribution is 7.80. The molecule has 104 valence electrons. The van der Waals surface area contributed by atoms with Crippen molar-refractivity contribution in [2.75, 3.05) is 5.75 Å². The zero-order chi connectivity index (χ0) is 14.4. The van der Waals surface area contributed by atoms with Gasteiger partial charge in [-0.25, -0.2) is 0 Å². The molecule has 1 unspecified atom stereocenters. The standard InChI is InChI=1S/C14H19NO3S/c1-9(11-6-4-3-5-7-11)13(10(2)16)18-14(17)12(15)8-19/h3-7,9,12-13,19H,8,15H2,1-2H3/t9?,12-,13-/m0/s1. The molecule has 0 bridgehead atoms. The van der Waals surface area contributed by atoms with Crippen LogP contribution in [0.2, 0.25) is 0 Å². The molecule has 0 aliphatic heterocycles. The van der Waals surface area contributed by atoms with E-state index in [2.05, 4.69) is 12.6 Å². The van der Waals surface area contributed by atoms with Crippen molar-refractivity contribution in [2.45, 2.75) is 31.9 Å². The highest BCUT2D eigenvalue weighted by Crippen LogP contribution is 2.22. The Bertz CT molecular complexity index is 436. The predicted molar refractivity (Wildman–Crippen MR) is 77.2 cm³/mol. The molecule has 2 N–H and O–H groups in total. The van der Waals surface area contributed by atoms with E-state index in [1.807, 2.05) is 37.3 Å². The molecule has 1 aromatic carbocycles. The predicted octanol–water partition coefficient (Wildman–Crippen LogP) is 1.55. The maximum absolute atomic E-state index is 11.7. The van der Waals surface area contributed by atoms with Gasteiger partial charge in [-0.15, -0.1) is 0 Å². The summed E-state index contributed by atoms with van der Waals surface area (Å²) in [4.78, 5) is 23.3. The molecule has 0 saturated carbocycles. The molecule has 0 aromatic heterocycles. The summed E-state index contributed by atoms with van der Waals surface area (Å²) >= 11 is 3.94. The van der Waals surface area contributed by atoms with E-state index >= 15 is 0 Å². The molecule has 0 saturated heterocycles. The highest BCUT2D eigenvalue weighted by atomic mass is 32.1. The van der Waals surface area contributed by atoms with E-state index in [1.54, 1.807) is 0 Å². The first-order valence-electron chi connectivity index (χ1n) is 6.09. The summed E-state index contributed by atoms with van der Waals surface area (Å²) in [5, 5.41) is 0. The second kappa shape index (κ2) is 7.31. The number of nitrogens with two attached hydrogens (primary N) is 1. The fourth-order valence-electron chi connectivity index (χ4n) is 1.76. The van der Waals surface area contributed by atoms with Crippen LogP contribution in [-0.4, -0.2) is 29.7 Å². The zero-order valence-electron chi connectivity index (χ0n) is 11.1.